The van der Waals surface area contributed by atoms with E-state index >= 15 is 0 Å². The van der Waals surface area contributed by atoms with E-state index in [1.807, 2.05) is 12.1 Å². The van der Waals surface area contributed by atoms with Crippen molar-refractivity contribution in [2.24, 2.45) is 5.41 Å². The summed E-state index contributed by atoms with van der Waals surface area (Å²) < 4.78 is 27.7. The Hall–Kier alpha value is -0.620. The Balaban J connectivity index is 0.00000242. The Kier molecular flexibility index (Phi) is 6.86. The molecule has 126 valence electrons. The number of benzene rings is 1. The monoisotopic (exact) mass is 346 g/mol. The zero-order valence-electron chi connectivity index (χ0n) is 13.6. The molecule has 0 saturated carbocycles. The van der Waals surface area contributed by atoms with Gasteiger partial charge in [-0.3, -0.25) is 0 Å². The predicted octanol–water partition coefficient (Wildman–Crippen LogP) is 2.90. The topological polar surface area (TPSA) is 58.2 Å². The summed E-state index contributed by atoms with van der Waals surface area (Å²) in [6.45, 7) is 8.70. The smallest absolute Gasteiger partial charge is 0.240 e. The van der Waals surface area contributed by atoms with Gasteiger partial charge in [0.15, 0.2) is 0 Å². The van der Waals surface area contributed by atoms with Crippen LogP contribution in [0.2, 0.25) is 0 Å². The summed E-state index contributed by atoms with van der Waals surface area (Å²) in [5.41, 5.74) is 1.10. The molecule has 0 bridgehead atoms. The molecule has 0 amide bonds. The van der Waals surface area contributed by atoms with Crippen molar-refractivity contribution in [3.8, 4) is 0 Å². The maximum absolute atomic E-state index is 12.5. The number of piperidine rings is 1. The van der Waals surface area contributed by atoms with Gasteiger partial charge in [0, 0.05) is 6.54 Å². The summed E-state index contributed by atoms with van der Waals surface area (Å²) in [6.07, 6.45) is 2.00. The van der Waals surface area contributed by atoms with E-state index in [4.69, 9.17) is 0 Å². The first-order valence-electron chi connectivity index (χ1n) is 7.63. The van der Waals surface area contributed by atoms with Crippen molar-refractivity contribution < 1.29 is 8.42 Å². The number of hydrogen-bond acceptors (Lipinski definition) is 3. The van der Waals surface area contributed by atoms with Crippen LogP contribution in [0.3, 0.4) is 0 Å². The Bertz CT molecular complexity index is 582. The lowest BCUT2D eigenvalue weighted by Gasteiger charge is -2.34. The van der Waals surface area contributed by atoms with Gasteiger partial charge in [-0.15, -0.1) is 12.4 Å². The van der Waals surface area contributed by atoms with Crippen LogP contribution in [-0.4, -0.2) is 28.1 Å². The van der Waals surface area contributed by atoms with Crippen LogP contribution in [0.5, 0.6) is 0 Å². The lowest BCUT2D eigenvalue weighted by molar-refractivity contribution is 0.232. The molecule has 1 aromatic carbocycles. The predicted molar refractivity (Wildman–Crippen MR) is 93.2 cm³/mol. The second kappa shape index (κ2) is 7.77. The highest BCUT2D eigenvalue weighted by Gasteiger charge is 2.28. The number of rotatable bonds is 5. The molecule has 0 unspecified atom stereocenters. The summed E-state index contributed by atoms with van der Waals surface area (Å²) in [6, 6.07) is 7.23. The molecule has 0 aliphatic carbocycles. The standard InChI is InChI=1S/C16H26N2O2S.ClH/c1-13(2)14-5-4-6-15(11-14)21(19,20)18-12-16(3)7-9-17-10-8-16;/h4-6,11,13,17-18H,7-10,12H2,1-3H3;1H. The molecule has 0 atom stereocenters. The molecule has 2 N–H and O–H groups in total. The van der Waals surface area contributed by atoms with Crippen LogP contribution >= 0.6 is 12.4 Å². The van der Waals surface area contributed by atoms with E-state index in [0.717, 1.165) is 31.5 Å². The molecule has 1 saturated heterocycles. The molecule has 1 fully saturated rings. The van der Waals surface area contributed by atoms with Gasteiger partial charge in [0.25, 0.3) is 0 Å². The average molecular weight is 347 g/mol. The van der Waals surface area contributed by atoms with Gasteiger partial charge < -0.3 is 5.32 Å². The number of hydrogen-bond donors (Lipinski definition) is 2. The zero-order chi connectivity index (χ0) is 15.5. The Morgan fingerprint density at radius 1 is 1.27 bits per heavy atom. The van der Waals surface area contributed by atoms with Crippen molar-refractivity contribution in [3.63, 3.8) is 0 Å². The van der Waals surface area contributed by atoms with Crippen molar-refractivity contribution in [1.29, 1.82) is 0 Å². The average Bonchev–Trinajstić information content (AvgIpc) is 2.46. The highest BCUT2D eigenvalue weighted by molar-refractivity contribution is 7.89. The summed E-state index contributed by atoms with van der Waals surface area (Å²) in [4.78, 5) is 0.367. The second-order valence-electron chi connectivity index (χ2n) is 6.61. The van der Waals surface area contributed by atoms with Gasteiger partial charge in [-0.05, 0) is 55.0 Å². The van der Waals surface area contributed by atoms with Crippen LogP contribution in [0.4, 0.5) is 0 Å². The molecule has 1 aliphatic heterocycles. The zero-order valence-corrected chi connectivity index (χ0v) is 15.2. The number of halogens is 1. The van der Waals surface area contributed by atoms with Gasteiger partial charge in [0.2, 0.25) is 10.0 Å². The molecular formula is C16H27ClN2O2S. The Labute approximate surface area is 140 Å². The fourth-order valence-corrected chi connectivity index (χ4v) is 3.85. The van der Waals surface area contributed by atoms with Crippen LogP contribution in [-0.2, 0) is 10.0 Å². The summed E-state index contributed by atoms with van der Waals surface area (Å²) >= 11 is 0. The first-order valence-corrected chi connectivity index (χ1v) is 9.11. The van der Waals surface area contributed by atoms with E-state index in [2.05, 4.69) is 30.8 Å². The lowest BCUT2D eigenvalue weighted by Crippen LogP contribution is -2.42. The third-order valence-electron chi connectivity index (χ3n) is 4.33. The van der Waals surface area contributed by atoms with Gasteiger partial charge in [-0.2, -0.15) is 0 Å². The fraction of sp³-hybridized carbons (Fsp3) is 0.625. The Morgan fingerprint density at radius 3 is 2.50 bits per heavy atom. The molecule has 6 heteroatoms. The van der Waals surface area contributed by atoms with Crippen LogP contribution in [0.1, 0.15) is 45.1 Å². The first kappa shape index (κ1) is 19.4. The van der Waals surface area contributed by atoms with Crippen LogP contribution in [0.15, 0.2) is 29.2 Å². The summed E-state index contributed by atoms with van der Waals surface area (Å²) in [5, 5.41) is 3.31. The normalized spacial score (nSPS) is 18.0. The van der Waals surface area contributed by atoms with Crippen LogP contribution in [0.25, 0.3) is 0 Å². The molecule has 2 rings (SSSR count). The highest BCUT2D eigenvalue weighted by Crippen LogP contribution is 2.27. The quantitative estimate of drug-likeness (QED) is 0.861. The summed E-state index contributed by atoms with van der Waals surface area (Å²) in [7, 11) is -3.42. The molecule has 0 spiro atoms. The van der Waals surface area contributed by atoms with E-state index in [9.17, 15) is 8.42 Å². The highest BCUT2D eigenvalue weighted by atomic mass is 35.5. The summed E-state index contributed by atoms with van der Waals surface area (Å²) in [5.74, 6) is 0.321. The van der Waals surface area contributed by atoms with Gasteiger partial charge >= 0.3 is 0 Å². The van der Waals surface area contributed by atoms with E-state index in [0.29, 0.717) is 17.4 Å². The lowest BCUT2D eigenvalue weighted by atomic mass is 9.81. The van der Waals surface area contributed by atoms with Crippen LogP contribution in [0, 0.1) is 5.41 Å². The minimum atomic E-state index is -3.42. The third-order valence-corrected chi connectivity index (χ3v) is 5.73. The van der Waals surface area contributed by atoms with E-state index in [-0.39, 0.29) is 17.8 Å². The number of nitrogens with one attached hydrogen (secondary N) is 2. The van der Waals surface area contributed by atoms with Crippen molar-refractivity contribution in [2.45, 2.75) is 44.4 Å². The Morgan fingerprint density at radius 2 is 1.91 bits per heavy atom. The van der Waals surface area contributed by atoms with E-state index < -0.39 is 10.0 Å². The molecule has 1 aliphatic rings. The molecule has 0 radical (unpaired) electrons. The van der Waals surface area contributed by atoms with Crippen LogP contribution < -0.4 is 10.0 Å². The minimum absolute atomic E-state index is 0. The van der Waals surface area contributed by atoms with Crippen molar-refractivity contribution in [1.82, 2.24) is 10.0 Å². The molecular weight excluding hydrogens is 320 g/mol. The van der Waals surface area contributed by atoms with Gasteiger partial charge in [0.1, 0.15) is 0 Å². The maximum atomic E-state index is 12.5. The van der Waals surface area contributed by atoms with E-state index in [1.165, 1.54) is 0 Å². The fourth-order valence-electron chi connectivity index (χ4n) is 2.60. The first-order chi connectivity index (χ1) is 9.82. The molecule has 1 heterocycles. The van der Waals surface area contributed by atoms with Crippen molar-refractivity contribution in [2.75, 3.05) is 19.6 Å². The minimum Gasteiger partial charge on any atom is -0.317 e. The number of sulfonamides is 1. The van der Waals surface area contributed by atoms with E-state index in [1.54, 1.807) is 12.1 Å². The van der Waals surface area contributed by atoms with Gasteiger partial charge in [-0.25, -0.2) is 13.1 Å². The van der Waals surface area contributed by atoms with Gasteiger partial charge in [-0.1, -0.05) is 32.9 Å². The molecule has 4 nitrogen and oxygen atoms in total. The van der Waals surface area contributed by atoms with Crippen molar-refractivity contribution >= 4 is 22.4 Å². The van der Waals surface area contributed by atoms with Gasteiger partial charge in [0.05, 0.1) is 4.90 Å². The third kappa shape index (κ3) is 4.95. The SMILES string of the molecule is CC(C)c1cccc(S(=O)(=O)NCC2(C)CCNCC2)c1.Cl. The molecule has 0 aromatic heterocycles. The molecule has 22 heavy (non-hydrogen) atoms. The molecule has 1 aromatic rings. The largest absolute Gasteiger partial charge is 0.317 e. The maximum Gasteiger partial charge on any atom is 0.240 e. The second-order valence-corrected chi connectivity index (χ2v) is 8.38. The van der Waals surface area contributed by atoms with Crippen molar-refractivity contribution in [3.05, 3.63) is 29.8 Å².